The molecule has 1 rings (SSSR count). The first-order chi connectivity index (χ1) is 7.20. The summed E-state index contributed by atoms with van der Waals surface area (Å²) in [5.41, 5.74) is -0.635. The predicted octanol–water partition coefficient (Wildman–Crippen LogP) is 2.15. The van der Waals surface area contributed by atoms with Gasteiger partial charge >= 0.3 is 0 Å². The molecule has 0 aliphatic rings. The van der Waals surface area contributed by atoms with Gasteiger partial charge in [-0.2, -0.15) is 0 Å². The van der Waals surface area contributed by atoms with Crippen LogP contribution in [0.4, 0.5) is 8.78 Å². The monoisotopic (exact) mass is 216 g/mol. The van der Waals surface area contributed by atoms with Gasteiger partial charge in [-0.3, -0.25) is 4.79 Å². The summed E-state index contributed by atoms with van der Waals surface area (Å²) in [5, 5.41) is 0. The average molecular weight is 216 g/mol. The molecular weight excluding hydrogens is 206 g/mol. The number of aldehydes is 1. The molecule has 0 heterocycles. The Bertz CT molecular complexity index is 353. The zero-order valence-corrected chi connectivity index (χ0v) is 8.13. The average Bonchev–Trinajstić information content (AvgIpc) is 2.22. The van der Waals surface area contributed by atoms with Gasteiger partial charge in [0.1, 0.15) is 5.82 Å². The second-order valence-corrected chi connectivity index (χ2v) is 2.65. The number of ether oxygens (including phenoxy) is 2. The van der Waals surface area contributed by atoms with Crippen molar-refractivity contribution in [1.82, 2.24) is 0 Å². The van der Waals surface area contributed by atoms with Crippen LogP contribution in [0.5, 0.6) is 5.75 Å². The van der Waals surface area contributed by atoms with Crippen LogP contribution in [0.25, 0.3) is 0 Å². The summed E-state index contributed by atoms with van der Waals surface area (Å²) in [4.78, 5) is 10.4. The molecule has 0 radical (unpaired) electrons. The van der Waals surface area contributed by atoms with Gasteiger partial charge in [-0.25, -0.2) is 8.78 Å². The Morgan fingerprint density at radius 1 is 1.40 bits per heavy atom. The highest BCUT2D eigenvalue weighted by Gasteiger charge is 2.13. The molecule has 0 aliphatic heterocycles. The molecule has 1 aromatic carbocycles. The van der Waals surface area contributed by atoms with Crippen molar-refractivity contribution in [2.75, 3.05) is 13.4 Å². The Morgan fingerprint density at radius 3 is 2.73 bits per heavy atom. The van der Waals surface area contributed by atoms with Crippen LogP contribution in [0.15, 0.2) is 12.1 Å². The molecule has 0 saturated carbocycles. The summed E-state index contributed by atoms with van der Waals surface area (Å²) < 4.78 is 35.8. The first kappa shape index (κ1) is 11.6. The highest BCUT2D eigenvalue weighted by Crippen LogP contribution is 2.21. The van der Waals surface area contributed by atoms with Crippen molar-refractivity contribution in [3.8, 4) is 5.75 Å². The highest BCUT2D eigenvalue weighted by molar-refractivity contribution is 5.76. The lowest BCUT2D eigenvalue weighted by atomic mass is 10.2. The van der Waals surface area contributed by atoms with Crippen molar-refractivity contribution in [3.63, 3.8) is 0 Å². The molecule has 0 saturated heterocycles. The van der Waals surface area contributed by atoms with Gasteiger partial charge in [0.25, 0.3) is 0 Å². The number of halogens is 2. The molecule has 0 spiro atoms. The fourth-order valence-corrected chi connectivity index (χ4v) is 0.957. The molecule has 0 atom stereocenters. The Hall–Kier alpha value is -1.49. The quantitative estimate of drug-likeness (QED) is 0.429. The SMILES string of the molecule is CCOCOc1ccc(F)c(C=O)c1F. The molecule has 5 heteroatoms. The number of rotatable bonds is 5. The van der Waals surface area contributed by atoms with Crippen molar-refractivity contribution in [1.29, 1.82) is 0 Å². The predicted molar refractivity (Wildman–Crippen MR) is 48.9 cm³/mol. The van der Waals surface area contributed by atoms with E-state index in [-0.39, 0.29) is 18.8 Å². The molecule has 0 aliphatic carbocycles. The second-order valence-electron chi connectivity index (χ2n) is 2.65. The summed E-state index contributed by atoms with van der Waals surface area (Å²) in [6, 6.07) is 2.07. The third-order valence-electron chi connectivity index (χ3n) is 1.71. The van der Waals surface area contributed by atoms with E-state index in [9.17, 15) is 13.6 Å². The minimum Gasteiger partial charge on any atom is -0.464 e. The van der Waals surface area contributed by atoms with Gasteiger partial charge in [0.2, 0.25) is 0 Å². The normalized spacial score (nSPS) is 10.1. The summed E-state index contributed by atoms with van der Waals surface area (Å²) >= 11 is 0. The van der Waals surface area contributed by atoms with E-state index in [1.54, 1.807) is 6.92 Å². The van der Waals surface area contributed by atoms with Crippen molar-refractivity contribution < 1.29 is 23.0 Å². The van der Waals surface area contributed by atoms with E-state index < -0.39 is 17.2 Å². The largest absolute Gasteiger partial charge is 0.464 e. The summed E-state index contributed by atoms with van der Waals surface area (Å²) in [7, 11) is 0. The van der Waals surface area contributed by atoms with Crippen LogP contribution in [0.2, 0.25) is 0 Å². The maximum absolute atomic E-state index is 13.3. The van der Waals surface area contributed by atoms with Gasteiger partial charge in [-0.05, 0) is 19.1 Å². The molecule has 0 bridgehead atoms. The maximum Gasteiger partial charge on any atom is 0.189 e. The molecule has 0 aromatic heterocycles. The van der Waals surface area contributed by atoms with Crippen molar-refractivity contribution in [2.24, 2.45) is 0 Å². The Kier molecular flexibility index (Phi) is 4.17. The zero-order valence-electron chi connectivity index (χ0n) is 8.13. The van der Waals surface area contributed by atoms with E-state index in [1.165, 1.54) is 0 Å². The smallest absolute Gasteiger partial charge is 0.189 e. The first-order valence-corrected chi connectivity index (χ1v) is 4.34. The third kappa shape index (κ3) is 2.73. The van der Waals surface area contributed by atoms with Crippen molar-refractivity contribution >= 4 is 6.29 Å². The van der Waals surface area contributed by atoms with Crippen LogP contribution in [0.3, 0.4) is 0 Å². The maximum atomic E-state index is 13.3. The Balaban J connectivity index is 2.85. The topological polar surface area (TPSA) is 35.5 Å². The van der Waals surface area contributed by atoms with E-state index in [2.05, 4.69) is 0 Å². The molecule has 0 unspecified atom stereocenters. The molecule has 82 valence electrons. The zero-order chi connectivity index (χ0) is 11.3. The van der Waals surface area contributed by atoms with Gasteiger partial charge in [0.05, 0.1) is 5.56 Å². The van der Waals surface area contributed by atoms with Gasteiger partial charge < -0.3 is 9.47 Å². The van der Waals surface area contributed by atoms with E-state index in [0.717, 1.165) is 12.1 Å². The van der Waals surface area contributed by atoms with Crippen LogP contribution in [0.1, 0.15) is 17.3 Å². The molecule has 1 aromatic rings. The fourth-order valence-electron chi connectivity index (χ4n) is 0.957. The lowest BCUT2D eigenvalue weighted by Crippen LogP contribution is -2.05. The summed E-state index contributed by atoms with van der Waals surface area (Å²) in [5.74, 6) is -2.12. The Labute approximate surface area is 85.6 Å². The van der Waals surface area contributed by atoms with Gasteiger partial charge in [0.15, 0.2) is 24.6 Å². The standard InChI is InChI=1S/C10H10F2O3/c1-2-14-6-15-9-4-3-8(11)7(5-13)10(9)12/h3-5H,2,6H2,1H3. The van der Waals surface area contributed by atoms with Crippen molar-refractivity contribution in [3.05, 3.63) is 29.3 Å². The lowest BCUT2D eigenvalue weighted by molar-refractivity contribution is 0.0199. The Morgan fingerprint density at radius 2 is 2.13 bits per heavy atom. The van der Waals surface area contributed by atoms with Gasteiger partial charge in [-0.15, -0.1) is 0 Å². The molecule has 15 heavy (non-hydrogen) atoms. The van der Waals surface area contributed by atoms with Crippen LogP contribution in [-0.4, -0.2) is 19.7 Å². The number of carbonyl (C=O) groups is 1. The minimum atomic E-state index is -1.01. The molecule has 0 amide bonds. The second kappa shape index (κ2) is 5.41. The first-order valence-electron chi connectivity index (χ1n) is 4.34. The fraction of sp³-hybridized carbons (Fsp3) is 0.300. The third-order valence-corrected chi connectivity index (χ3v) is 1.71. The summed E-state index contributed by atoms with van der Waals surface area (Å²) in [6.45, 7) is 2.03. The lowest BCUT2D eigenvalue weighted by Gasteiger charge is -2.07. The molecular formula is C10H10F2O3. The van der Waals surface area contributed by atoms with Crippen LogP contribution < -0.4 is 4.74 Å². The number of hydrogen-bond donors (Lipinski definition) is 0. The highest BCUT2D eigenvalue weighted by atomic mass is 19.1. The van der Waals surface area contributed by atoms with Gasteiger partial charge in [0, 0.05) is 6.61 Å². The minimum absolute atomic E-state index is 0.109. The number of benzene rings is 1. The molecule has 3 nitrogen and oxygen atoms in total. The van der Waals surface area contributed by atoms with E-state index in [4.69, 9.17) is 9.47 Å². The number of hydrogen-bond acceptors (Lipinski definition) is 3. The number of carbonyl (C=O) groups excluding carboxylic acids is 1. The van der Waals surface area contributed by atoms with E-state index in [0.29, 0.717) is 6.61 Å². The molecule has 0 N–H and O–H groups in total. The summed E-state index contributed by atoms with van der Waals surface area (Å²) in [6.07, 6.45) is 0.109. The van der Waals surface area contributed by atoms with Crippen LogP contribution in [0, 0.1) is 11.6 Å². The van der Waals surface area contributed by atoms with Crippen LogP contribution in [-0.2, 0) is 4.74 Å². The molecule has 0 fully saturated rings. The van der Waals surface area contributed by atoms with Gasteiger partial charge in [-0.1, -0.05) is 0 Å². The van der Waals surface area contributed by atoms with Crippen LogP contribution >= 0.6 is 0 Å². The van der Waals surface area contributed by atoms with Crippen molar-refractivity contribution in [2.45, 2.75) is 6.92 Å². The van der Waals surface area contributed by atoms with E-state index in [1.807, 2.05) is 0 Å². The van der Waals surface area contributed by atoms with E-state index >= 15 is 0 Å².